The summed E-state index contributed by atoms with van der Waals surface area (Å²) in [5, 5.41) is 8.78. The molecule has 1 fully saturated rings. The minimum atomic E-state index is 0.194. The van der Waals surface area contributed by atoms with Gasteiger partial charge in [-0.3, -0.25) is 4.79 Å². The average Bonchev–Trinajstić information content (AvgIpc) is 3.37. The molecule has 5 nitrogen and oxygen atoms in total. The van der Waals surface area contributed by atoms with Gasteiger partial charge in [-0.2, -0.15) is 0 Å². The van der Waals surface area contributed by atoms with Crippen LogP contribution < -0.4 is 0 Å². The van der Waals surface area contributed by atoms with E-state index in [4.69, 9.17) is 0 Å². The zero-order valence-corrected chi connectivity index (χ0v) is 14.6. The molecule has 0 N–H and O–H groups in total. The molecule has 25 heavy (non-hydrogen) atoms. The lowest BCUT2D eigenvalue weighted by molar-refractivity contribution is 0.0710. The molecule has 0 radical (unpaired) electrons. The van der Waals surface area contributed by atoms with Gasteiger partial charge in [-0.05, 0) is 61.8 Å². The molecule has 0 atom stereocenters. The second kappa shape index (κ2) is 5.97. The third kappa shape index (κ3) is 2.57. The molecule has 0 unspecified atom stereocenters. The second-order valence-electron chi connectivity index (χ2n) is 7.63. The van der Waals surface area contributed by atoms with Crippen LogP contribution in [0.1, 0.15) is 64.7 Å². The maximum atomic E-state index is 12.9. The van der Waals surface area contributed by atoms with E-state index < -0.39 is 0 Å². The first kappa shape index (κ1) is 15.1. The minimum Gasteiger partial charge on any atom is -0.339 e. The lowest BCUT2D eigenvalue weighted by Gasteiger charge is -2.31. The zero-order chi connectivity index (χ0) is 16.8. The first-order valence-corrected chi connectivity index (χ1v) is 9.62. The van der Waals surface area contributed by atoms with Crippen molar-refractivity contribution in [2.45, 2.75) is 57.4 Å². The number of nitrogens with zero attached hydrogens (tertiary/aromatic N) is 4. The zero-order valence-electron chi connectivity index (χ0n) is 14.6. The highest BCUT2D eigenvalue weighted by atomic mass is 16.2. The van der Waals surface area contributed by atoms with Crippen LogP contribution in [0.15, 0.2) is 18.2 Å². The Labute approximate surface area is 148 Å². The third-order valence-electron chi connectivity index (χ3n) is 6.13. The molecular formula is C20H24N4O. The molecule has 2 aromatic rings. The van der Waals surface area contributed by atoms with E-state index in [9.17, 15) is 4.79 Å². The molecule has 1 aromatic carbocycles. The van der Waals surface area contributed by atoms with Crippen LogP contribution >= 0.6 is 0 Å². The van der Waals surface area contributed by atoms with Crippen LogP contribution in [0, 0.1) is 0 Å². The fourth-order valence-electron chi connectivity index (χ4n) is 4.70. The molecule has 1 amide bonds. The predicted molar refractivity (Wildman–Crippen MR) is 94.7 cm³/mol. The van der Waals surface area contributed by atoms with Crippen molar-refractivity contribution in [2.75, 3.05) is 13.1 Å². The molecule has 1 aromatic heterocycles. The number of amides is 1. The van der Waals surface area contributed by atoms with Crippen molar-refractivity contribution in [3.8, 4) is 0 Å². The number of fused-ring (bicyclic) bond motifs is 2. The Morgan fingerprint density at radius 3 is 2.68 bits per heavy atom. The van der Waals surface area contributed by atoms with Gasteiger partial charge in [0.2, 0.25) is 0 Å². The van der Waals surface area contributed by atoms with Crippen molar-refractivity contribution >= 4 is 5.91 Å². The Bertz CT molecular complexity index is 817. The minimum absolute atomic E-state index is 0.194. The van der Waals surface area contributed by atoms with Crippen LogP contribution in [0.2, 0.25) is 0 Å². The number of carbonyl (C=O) groups excluding carboxylic acids is 1. The summed E-state index contributed by atoms with van der Waals surface area (Å²) in [5.74, 6) is 2.94. The van der Waals surface area contributed by atoms with Gasteiger partial charge in [0.25, 0.3) is 5.91 Å². The summed E-state index contributed by atoms with van der Waals surface area (Å²) in [5.41, 5.74) is 3.66. The van der Waals surface area contributed by atoms with Crippen LogP contribution in [0.4, 0.5) is 0 Å². The van der Waals surface area contributed by atoms with E-state index >= 15 is 0 Å². The maximum absolute atomic E-state index is 12.9. The molecule has 3 heterocycles. The van der Waals surface area contributed by atoms with Gasteiger partial charge in [0.05, 0.1) is 0 Å². The van der Waals surface area contributed by atoms with Crippen molar-refractivity contribution in [1.82, 2.24) is 19.7 Å². The highest BCUT2D eigenvalue weighted by Gasteiger charge is 2.29. The molecule has 3 aliphatic rings. The van der Waals surface area contributed by atoms with Crippen molar-refractivity contribution in [1.29, 1.82) is 0 Å². The first-order valence-electron chi connectivity index (χ1n) is 9.62. The fourth-order valence-corrected chi connectivity index (χ4v) is 4.70. The lowest BCUT2D eigenvalue weighted by Crippen LogP contribution is -2.38. The maximum Gasteiger partial charge on any atom is 0.253 e. The Morgan fingerprint density at radius 1 is 0.960 bits per heavy atom. The number of benzene rings is 1. The van der Waals surface area contributed by atoms with Crippen LogP contribution in [0.25, 0.3) is 0 Å². The van der Waals surface area contributed by atoms with Gasteiger partial charge in [-0.15, -0.1) is 10.2 Å². The number of hydrogen-bond donors (Lipinski definition) is 0. The van der Waals surface area contributed by atoms with Crippen molar-refractivity contribution < 1.29 is 4.79 Å². The number of piperidine rings is 1. The molecule has 0 spiro atoms. The van der Waals surface area contributed by atoms with E-state index in [1.165, 1.54) is 24.0 Å². The van der Waals surface area contributed by atoms with Crippen molar-refractivity contribution in [3.63, 3.8) is 0 Å². The molecule has 5 heteroatoms. The van der Waals surface area contributed by atoms with E-state index in [0.29, 0.717) is 5.92 Å². The van der Waals surface area contributed by atoms with Crippen LogP contribution in [-0.4, -0.2) is 38.7 Å². The van der Waals surface area contributed by atoms with Gasteiger partial charge < -0.3 is 9.47 Å². The summed E-state index contributed by atoms with van der Waals surface area (Å²) in [6.45, 7) is 2.71. The highest BCUT2D eigenvalue weighted by Crippen LogP contribution is 2.30. The smallest absolute Gasteiger partial charge is 0.253 e. The van der Waals surface area contributed by atoms with E-state index in [-0.39, 0.29) is 5.91 Å². The molecule has 5 rings (SSSR count). The molecular weight excluding hydrogens is 312 g/mol. The second-order valence-corrected chi connectivity index (χ2v) is 7.63. The van der Waals surface area contributed by atoms with Crippen molar-refractivity contribution in [3.05, 3.63) is 46.5 Å². The van der Waals surface area contributed by atoms with E-state index in [1.54, 1.807) is 0 Å². The third-order valence-corrected chi connectivity index (χ3v) is 6.13. The standard InChI is InChI=1S/C20H24N4O/c25-20(17-7-6-14-3-1-4-16(14)13-17)23-11-8-15(9-12-23)19-22-21-18-5-2-10-24(18)19/h6-7,13,15H,1-5,8-12H2. The number of aryl methyl sites for hydroxylation is 3. The Balaban J connectivity index is 1.27. The van der Waals surface area contributed by atoms with Crippen LogP contribution in [0.5, 0.6) is 0 Å². The van der Waals surface area contributed by atoms with Crippen LogP contribution in [-0.2, 0) is 25.8 Å². The summed E-state index contributed by atoms with van der Waals surface area (Å²) < 4.78 is 2.31. The number of likely N-dealkylation sites (tertiary alicyclic amines) is 1. The Morgan fingerprint density at radius 2 is 1.80 bits per heavy atom. The van der Waals surface area contributed by atoms with E-state index in [2.05, 4.69) is 26.9 Å². The number of carbonyl (C=O) groups is 1. The topological polar surface area (TPSA) is 51.0 Å². The first-order chi connectivity index (χ1) is 12.3. The number of hydrogen-bond acceptors (Lipinski definition) is 3. The molecule has 0 bridgehead atoms. The van der Waals surface area contributed by atoms with Gasteiger partial charge >= 0.3 is 0 Å². The van der Waals surface area contributed by atoms with Crippen molar-refractivity contribution in [2.24, 2.45) is 0 Å². The van der Waals surface area contributed by atoms with E-state index in [1.807, 2.05) is 11.0 Å². The van der Waals surface area contributed by atoms with Gasteiger partial charge in [0.1, 0.15) is 11.6 Å². The lowest BCUT2D eigenvalue weighted by atomic mass is 9.95. The molecule has 130 valence electrons. The number of aromatic nitrogens is 3. The quantitative estimate of drug-likeness (QED) is 0.847. The monoisotopic (exact) mass is 336 g/mol. The van der Waals surface area contributed by atoms with Crippen LogP contribution in [0.3, 0.4) is 0 Å². The normalized spacial score (nSPS) is 19.9. The summed E-state index contributed by atoms with van der Waals surface area (Å²) in [7, 11) is 0. The predicted octanol–water partition coefficient (Wildman–Crippen LogP) is 2.73. The average molecular weight is 336 g/mol. The van der Waals surface area contributed by atoms with E-state index in [0.717, 1.165) is 69.0 Å². The molecule has 0 saturated carbocycles. The Hall–Kier alpha value is -2.17. The van der Waals surface area contributed by atoms with Gasteiger partial charge in [0, 0.05) is 37.5 Å². The summed E-state index contributed by atoms with van der Waals surface area (Å²) >= 11 is 0. The highest BCUT2D eigenvalue weighted by molar-refractivity contribution is 5.94. The summed E-state index contributed by atoms with van der Waals surface area (Å²) in [6.07, 6.45) is 7.75. The SMILES string of the molecule is O=C(c1ccc2c(c1)CCC2)N1CCC(c2nnc3n2CCC3)CC1. The van der Waals surface area contributed by atoms with Gasteiger partial charge in [-0.25, -0.2) is 0 Å². The van der Waals surface area contributed by atoms with Gasteiger partial charge in [0.15, 0.2) is 0 Å². The van der Waals surface area contributed by atoms with Gasteiger partial charge in [-0.1, -0.05) is 6.07 Å². The molecule has 2 aliphatic heterocycles. The molecule has 1 aliphatic carbocycles. The summed E-state index contributed by atoms with van der Waals surface area (Å²) in [4.78, 5) is 14.9. The summed E-state index contributed by atoms with van der Waals surface area (Å²) in [6, 6.07) is 6.30. The number of rotatable bonds is 2. The fraction of sp³-hybridized carbons (Fsp3) is 0.550. The Kier molecular flexibility index (Phi) is 3.61. The molecule has 1 saturated heterocycles. The largest absolute Gasteiger partial charge is 0.339 e.